The molecule has 0 bridgehead atoms. The zero-order chi connectivity index (χ0) is 15.8. The molecule has 0 aliphatic carbocycles. The number of nitriles is 1. The fourth-order valence-corrected chi connectivity index (χ4v) is 1.51. The molecular weight excluding hydrogens is 274 g/mol. The minimum Gasteiger partial charge on any atom is -0.477 e. The number of carbonyl (C=O) groups is 2. The first-order valence-corrected chi connectivity index (χ1v) is 6.23. The SMILES string of the molecule is CCOc1ncccc1C(=O)OCC(=O)[C@@H](C#N)C(C)=N. The van der Waals surface area contributed by atoms with Crippen molar-refractivity contribution in [1.29, 1.82) is 10.7 Å². The van der Waals surface area contributed by atoms with E-state index in [1.807, 2.05) is 0 Å². The molecule has 1 atom stereocenters. The summed E-state index contributed by atoms with van der Waals surface area (Å²) in [4.78, 5) is 27.5. The van der Waals surface area contributed by atoms with E-state index in [2.05, 4.69) is 4.98 Å². The summed E-state index contributed by atoms with van der Waals surface area (Å²) in [7, 11) is 0. The quantitative estimate of drug-likeness (QED) is 0.599. The molecule has 1 aromatic rings. The highest BCUT2D eigenvalue weighted by Crippen LogP contribution is 2.15. The van der Waals surface area contributed by atoms with E-state index in [0.717, 1.165) is 0 Å². The lowest BCUT2D eigenvalue weighted by Gasteiger charge is -2.09. The van der Waals surface area contributed by atoms with E-state index in [-0.39, 0.29) is 17.2 Å². The lowest BCUT2D eigenvalue weighted by Crippen LogP contribution is -2.25. The standard InChI is InChI=1S/C14H15N3O4/c1-3-20-13-10(5-4-6-17-13)14(19)21-8-12(18)11(7-15)9(2)16/h4-6,11,16H,3,8H2,1-2H3/t11-/m0/s1. The number of ether oxygens (including phenoxy) is 2. The lowest BCUT2D eigenvalue weighted by molar-refractivity contribution is -0.122. The van der Waals surface area contributed by atoms with E-state index >= 15 is 0 Å². The Hall–Kier alpha value is -2.75. The largest absolute Gasteiger partial charge is 0.477 e. The molecule has 0 saturated carbocycles. The Balaban J connectivity index is 2.73. The number of esters is 1. The van der Waals surface area contributed by atoms with Crippen LogP contribution in [0.5, 0.6) is 5.88 Å². The van der Waals surface area contributed by atoms with Crippen LogP contribution in [0, 0.1) is 22.7 Å². The van der Waals surface area contributed by atoms with Crippen molar-refractivity contribution in [2.45, 2.75) is 13.8 Å². The highest BCUT2D eigenvalue weighted by molar-refractivity contribution is 6.06. The van der Waals surface area contributed by atoms with Crippen LogP contribution < -0.4 is 4.74 Å². The predicted octanol–water partition coefficient (Wildman–Crippen LogP) is 1.39. The molecule has 110 valence electrons. The Morgan fingerprint density at radius 3 is 2.81 bits per heavy atom. The maximum atomic E-state index is 11.9. The zero-order valence-electron chi connectivity index (χ0n) is 11.8. The first-order chi connectivity index (χ1) is 10.0. The molecule has 21 heavy (non-hydrogen) atoms. The zero-order valence-corrected chi connectivity index (χ0v) is 11.8. The van der Waals surface area contributed by atoms with Crippen molar-refractivity contribution in [3.8, 4) is 11.9 Å². The highest BCUT2D eigenvalue weighted by Gasteiger charge is 2.23. The molecule has 0 amide bonds. The first kappa shape index (κ1) is 16.3. The number of Topliss-reactive ketones (excluding diaryl/α,β-unsaturated/α-hetero) is 1. The van der Waals surface area contributed by atoms with Crippen molar-refractivity contribution in [2.24, 2.45) is 5.92 Å². The van der Waals surface area contributed by atoms with Crippen LogP contribution >= 0.6 is 0 Å². The Bertz CT molecular complexity index is 592. The van der Waals surface area contributed by atoms with Gasteiger partial charge >= 0.3 is 5.97 Å². The van der Waals surface area contributed by atoms with Gasteiger partial charge in [-0.15, -0.1) is 0 Å². The molecule has 1 aromatic heterocycles. The van der Waals surface area contributed by atoms with E-state index in [9.17, 15) is 9.59 Å². The van der Waals surface area contributed by atoms with Crippen LogP contribution in [-0.2, 0) is 9.53 Å². The van der Waals surface area contributed by atoms with Crippen LogP contribution in [-0.4, -0.2) is 35.7 Å². The second-order valence-electron chi connectivity index (χ2n) is 4.08. The van der Waals surface area contributed by atoms with Gasteiger partial charge in [0.05, 0.1) is 12.7 Å². The maximum Gasteiger partial charge on any atom is 0.344 e. The van der Waals surface area contributed by atoms with Gasteiger partial charge in [-0.3, -0.25) is 4.79 Å². The summed E-state index contributed by atoms with van der Waals surface area (Å²) in [5.74, 6) is -2.48. The van der Waals surface area contributed by atoms with Gasteiger partial charge in [-0.05, 0) is 26.0 Å². The van der Waals surface area contributed by atoms with Gasteiger partial charge in [-0.1, -0.05) is 0 Å². The number of carbonyl (C=O) groups excluding carboxylic acids is 2. The van der Waals surface area contributed by atoms with Gasteiger partial charge in [0, 0.05) is 11.9 Å². The summed E-state index contributed by atoms with van der Waals surface area (Å²) >= 11 is 0. The van der Waals surface area contributed by atoms with Gasteiger partial charge in [0.15, 0.2) is 12.4 Å². The summed E-state index contributed by atoms with van der Waals surface area (Å²) in [6.07, 6.45) is 1.47. The molecule has 0 spiro atoms. The van der Waals surface area contributed by atoms with Crippen LogP contribution in [0.25, 0.3) is 0 Å². The Kier molecular flexibility index (Phi) is 6.01. The third-order valence-electron chi connectivity index (χ3n) is 2.50. The van der Waals surface area contributed by atoms with E-state index in [1.54, 1.807) is 19.1 Å². The van der Waals surface area contributed by atoms with Crippen molar-refractivity contribution in [2.75, 3.05) is 13.2 Å². The van der Waals surface area contributed by atoms with Crippen LogP contribution in [0.4, 0.5) is 0 Å². The smallest absolute Gasteiger partial charge is 0.344 e. The summed E-state index contributed by atoms with van der Waals surface area (Å²) in [6, 6.07) is 4.70. The number of rotatable bonds is 7. The fraction of sp³-hybridized carbons (Fsp3) is 0.357. The number of nitrogens with one attached hydrogen (secondary N) is 1. The average Bonchev–Trinajstić information content (AvgIpc) is 2.46. The first-order valence-electron chi connectivity index (χ1n) is 6.23. The topological polar surface area (TPSA) is 113 Å². The summed E-state index contributed by atoms with van der Waals surface area (Å²) in [5.41, 5.74) is 0.0159. The van der Waals surface area contributed by atoms with Crippen molar-refractivity contribution >= 4 is 17.5 Å². The van der Waals surface area contributed by atoms with Crippen LogP contribution in [0.3, 0.4) is 0 Å². The molecule has 0 unspecified atom stereocenters. The molecule has 1 N–H and O–H groups in total. The lowest BCUT2D eigenvalue weighted by atomic mass is 10.0. The summed E-state index contributed by atoms with van der Waals surface area (Å²) in [5, 5.41) is 16.1. The number of hydrogen-bond acceptors (Lipinski definition) is 7. The molecule has 7 heteroatoms. The van der Waals surface area contributed by atoms with Crippen molar-refractivity contribution in [3.05, 3.63) is 23.9 Å². The predicted molar refractivity (Wildman–Crippen MR) is 73.2 cm³/mol. The highest BCUT2D eigenvalue weighted by atomic mass is 16.5. The number of aromatic nitrogens is 1. The third kappa shape index (κ3) is 4.38. The molecule has 0 saturated heterocycles. The summed E-state index contributed by atoms with van der Waals surface area (Å²) < 4.78 is 10.0. The van der Waals surface area contributed by atoms with Gasteiger partial charge in [0.2, 0.25) is 5.88 Å². The van der Waals surface area contributed by atoms with E-state index < -0.39 is 24.3 Å². The van der Waals surface area contributed by atoms with Gasteiger partial charge < -0.3 is 14.9 Å². The molecule has 7 nitrogen and oxygen atoms in total. The van der Waals surface area contributed by atoms with Gasteiger partial charge in [-0.2, -0.15) is 5.26 Å². The Morgan fingerprint density at radius 2 is 2.24 bits per heavy atom. The number of ketones is 1. The Morgan fingerprint density at radius 1 is 1.52 bits per heavy atom. The van der Waals surface area contributed by atoms with Crippen LogP contribution in [0.2, 0.25) is 0 Å². The average molecular weight is 289 g/mol. The van der Waals surface area contributed by atoms with Crippen molar-refractivity contribution in [1.82, 2.24) is 4.98 Å². The minimum absolute atomic E-state index is 0.0880. The number of pyridine rings is 1. The van der Waals surface area contributed by atoms with Gasteiger partial charge in [0.1, 0.15) is 11.5 Å². The van der Waals surface area contributed by atoms with Crippen molar-refractivity contribution in [3.63, 3.8) is 0 Å². The molecule has 1 heterocycles. The second-order valence-corrected chi connectivity index (χ2v) is 4.08. The van der Waals surface area contributed by atoms with Gasteiger partial charge in [0.25, 0.3) is 0 Å². The molecule has 0 aliphatic rings. The fourth-order valence-electron chi connectivity index (χ4n) is 1.51. The number of hydrogen-bond donors (Lipinski definition) is 1. The normalized spacial score (nSPS) is 11.1. The minimum atomic E-state index is -1.20. The molecule has 0 radical (unpaired) electrons. The molecule has 0 aliphatic heterocycles. The van der Waals surface area contributed by atoms with E-state index in [1.165, 1.54) is 19.2 Å². The molecule has 0 fully saturated rings. The van der Waals surface area contributed by atoms with E-state index in [0.29, 0.717) is 6.61 Å². The second kappa shape index (κ2) is 7.75. The summed E-state index contributed by atoms with van der Waals surface area (Å²) in [6.45, 7) is 2.85. The molecular formula is C14H15N3O4. The van der Waals surface area contributed by atoms with E-state index in [4.69, 9.17) is 20.1 Å². The van der Waals surface area contributed by atoms with Crippen LogP contribution in [0.1, 0.15) is 24.2 Å². The number of nitrogens with zero attached hydrogens (tertiary/aromatic N) is 2. The monoisotopic (exact) mass is 289 g/mol. The molecule has 1 rings (SSSR count). The maximum absolute atomic E-state index is 11.9. The Labute approximate surface area is 122 Å². The molecule has 0 aromatic carbocycles. The third-order valence-corrected chi connectivity index (χ3v) is 2.50. The van der Waals surface area contributed by atoms with Gasteiger partial charge in [-0.25, -0.2) is 9.78 Å². The van der Waals surface area contributed by atoms with Crippen LogP contribution in [0.15, 0.2) is 18.3 Å². The van der Waals surface area contributed by atoms with Crippen molar-refractivity contribution < 1.29 is 19.1 Å².